The second-order valence-corrected chi connectivity index (χ2v) is 5.96. The van der Waals surface area contributed by atoms with Gasteiger partial charge in [-0.25, -0.2) is 9.59 Å². The molecule has 0 atom stereocenters. The maximum atomic E-state index is 12.7. The smallest absolute Gasteiger partial charge is 0.346 e. The molecule has 0 amide bonds. The predicted octanol–water partition coefficient (Wildman–Crippen LogP) is 3.63. The fraction of sp³-hybridized carbons (Fsp3) is 0. The number of esters is 2. The molecular formula is C23H12O4. The van der Waals surface area contributed by atoms with E-state index in [4.69, 9.17) is 0 Å². The van der Waals surface area contributed by atoms with Gasteiger partial charge in [0, 0.05) is 22.3 Å². The number of benzene rings is 3. The number of hydrogen-bond acceptors (Lipinski definition) is 4. The summed E-state index contributed by atoms with van der Waals surface area (Å²) in [6, 6.07) is 20.9. The van der Waals surface area contributed by atoms with Gasteiger partial charge >= 0.3 is 11.9 Å². The number of carbonyl (C=O) groups excluding carboxylic acids is 3. The number of ether oxygens (including phenoxy) is 1. The predicted molar refractivity (Wildman–Crippen MR) is 98.5 cm³/mol. The minimum Gasteiger partial charge on any atom is -0.386 e. The number of hydrogen-bond donors (Lipinski definition) is 0. The molecule has 4 nitrogen and oxygen atoms in total. The summed E-state index contributed by atoms with van der Waals surface area (Å²) in [5.74, 6) is 4.46. The lowest BCUT2D eigenvalue weighted by Crippen LogP contribution is -2.03. The van der Waals surface area contributed by atoms with Crippen LogP contribution in [0.3, 0.4) is 0 Å². The quantitative estimate of drug-likeness (QED) is 0.306. The number of fused-ring (bicyclic) bond motifs is 1. The second-order valence-electron chi connectivity index (χ2n) is 5.96. The van der Waals surface area contributed by atoms with Gasteiger partial charge in [0.2, 0.25) is 0 Å². The van der Waals surface area contributed by atoms with Gasteiger partial charge in [-0.2, -0.15) is 0 Å². The molecule has 0 aliphatic carbocycles. The lowest BCUT2D eigenvalue weighted by Gasteiger charge is -2.02. The Morgan fingerprint density at radius 2 is 1.26 bits per heavy atom. The molecule has 1 aliphatic heterocycles. The highest BCUT2D eigenvalue weighted by molar-refractivity contribution is 6.17. The first-order valence-corrected chi connectivity index (χ1v) is 8.24. The molecule has 0 spiro atoms. The molecule has 128 valence electrons. The standard InChI is InChI=1S/C23H12O4/c24-21(18-12-13-19-20(14-18)23(26)27-22(19)25)17-10-8-16(9-11-17)7-6-15-4-2-1-3-5-15/h1-5,8-14H. The first kappa shape index (κ1) is 16.5. The summed E-state index contributed by atoms with van der Waals surface area (Å²) in [5, 5.41) is 0. The Bertz CT molecular complexity index is 1130. The maximum absolute atomic E-state index is 12.7. The molecule has 0 N–H and O–H groups in total. The SMILES string of the molecule is O=C(c1ccc(C#Cc2ccccc2)cc1)c1ccc2c(c1)C(=O)OC2=O. The average molecular weight is 352 g/mol. The normalized spacial score (nSPS) is 12.0. The van der Waals surface area contributed by atoms with Crippen LogP contribution in [0.2, 0.25) is 0 Å². The van der Waals surface area contributed by atoms with Crippen molar-refractivity contribution < 1.29 is 19.1 Å². The van der Waals surface area contributed by atoms with Crippen molar-refractivity contribution in [2.24, 2.45) is 0 Å². The van der Waals surface area contributed by atoms with E-state index in [0.29, 0.717) is 11.1 Å². The first-order chi connectivity index (χ1) is 13.1. The van der Waals surface area contributed by atoms with Crippen molar-refractivity contribution in [3.8, 4) is 11.8 Å². The molecule has 0 bridgehead atoms. The summed E-state index contributed by atoms with van der Waals surface area (Å²) in [6.07, 6.45) is 0. The van der Waals surface area contributed by atoms with E-state index < -0.39 is 11.9 Å². The van der Waals surface area contributed by atoms with Crippen LogP contribution < -0.4 is 0 Å². The van der Waals surface area contributed by atoms with Crippen LogP contribution in [-0.4, -0.2) is 17.7 Å². The molecule has 0 saturated carbocycles. The van der Waals surface area contributed by atoms with Crippen LogP contribution in [0.4, 0.5) is 0 Å². The average Bonchev–Trinajstić information content (AvgIpc) is 3.00. The van der Waals surface area contributed by atoms with Gasteiger partial charge in [-0.3, -0.25) is 4.79 Å². The van der Waals surface area contributed by atoms with Crippen LogP contribution in [0.1, 0.15) is 47.8 Å². The molecule has 0 aromatic heterocycles. The van der Waals surface area contributed by atoms with E-state index >= 15 is 0 Å². The van der Waals surface area contributed by atoms with E-state index in [9.17, 15) is 14.4 Å². The molecule has 0 saturated heterocycles. The highest BCUT2D eigenvalue weighted by Crippen LogP contribution is 2.22. The molecule has 4 heteroatoms. The van der Waals surface area contributed by atoms with E-state index in [2.05, 4.69) is 16.6 Å². The largest absolute Gasteiger partial charge is 0.386 e. The van der Waals surface area contributed by atoms with E-state index in [1.54, 1.807) is 24.3 Å². The number of carbonyl (C=O) groups is 3. The molecular weight excluding hydrogens is 340 g/mol. The lowest BCUT2D eigenvalue weighted by atomic mass is 9.98. The zero-order chi connectivity index (χ0) is 18.8. The molecule has 1 aliphatic rings. The van der Waals surface area contributed by atoms with Crippen molar-refractivity contribution in [3.63, 3.8) is 0 Å². The van der Waals surface area contributed by atoms with Gasteiger partial charge in [0.1, 0.15) is 0 Å². The van der Waals surface area contributed by atoms with Crippen LogP contribution in [0.5, 0.6) is 0 Å². The molecule has 4 rings (SSSR count). The van der Waals surface area contributed by atoms with Gasteiger partial charge in [0.15, 0.2) is 5.78 Å². The Hall–Kier alpha value is -3.97. The molecule has 0 unspecified atom stereocenters. The Kier molecular flexibility index (Phi) is 4.12. The zero-order valence-electron chi connectivity index (χ0n) is 14.1. The summed E-state index contributed by atoms with van der Waals surface area (Å²) in [6.45, 7) is 0. The van der Waals surface area contributed by atoms with Crippen LogP contribution in [0.15, 0.2) is 72.8 Å². The van der Waals surface area contributed by atoms with Crippen LogP contribution in [-0.2, 0) is 4.74 Å². The topological polar surface area (TPSA) is 60.4 Å². The van der Waals surface area contributed by atoms with Crippen molar-refractivity contribution in [1.29, 1.82) is 0 Å². The summed E-state index contributed by atoms with van der Waals surface area (Å²) < 4.78 is 4.55. The summed E-state index contributed by atoms with van der Waals surface area (Å²) in [5.41, 5.74) is 2.80. The van der Waals surface area contributed by atoms with Crippen LogP contribution in [0.25, 0.3) is 0 Å². The molecule has 0 fully saturated rings. The van der Waals surface area contributed by atoms with Gasteiger partial charge in [-0.15, -0.1) is 0 Å². The Morgan fingerprint density at radius 1 is 0.667 bits per heavy atom. The van der Waals surface area contributed by atoms with Crippen molar-refractivity contribution >= 4 is 17.7 Å². The fourth-order valence-corrected chi connectivity index (χ4v) is 2.76. The van der Waals surface area contributed by atoms with Gasteiger partial charge in [0.05, 0.1) is 11.1 Å². The first-order valence-electron chi connectivity index (χ1n) is 8.24. The van der Waals surface area contributed by atoms with Crippen molar-refractivity contribution in [3.05, 3.63) is 106 Å². The number of ketones is 1. The summed E-state index contributed by atoms with van der Waals surface area (Å²) in [7, 11) is 0. The zero-order valence-corrected chi connectivity index (χ0v) is 14.1. The van der Waals surface area contributed by atoms with E-state index in [1.807, 2.05) is 30.3 Å². The fourth-order valence-electron chi connectivity index (χ4n) is 2.76. The van der Waals surface area contributed by atoms with Gasteiger partial charge in [-0.1, -0.05) is 36.1 Å². The maximum Gasteiger partial charge on any atom is 0.346 e. The van der Waals surface area contributed by atoms with Crippen molar-refractivity contribution in [2.45, 2.75) is 0 Å². The molecule has 3 aromatic rings. The minimum absolute atomic E-state index is 0.121. The molecule has 27 heavy (non-hydrogen) atoms. The highest BCUT2D eigenvalue weighted by Gasteiger charge is 2.30. The van der Waals surface area contributed by atoms with Gasteiger partial charge in [-0.05, 0) is 48.5 Å². The highest BCUT2D eigenvalue weighted by atomic mass is 16.6. The lowest BCUT2D eigenvalue weighted by molar-refractivity contribution is 0.0443. The van der Waals surface area contributed by atoms with Crippen molar-refractivity contribution in [2.75, 3.05) is 0 Å². The monoisotopic (exact) mass is 352 g/mol. The van der Waals surface area contributed by atoms with E-state index in [-0.39, 0.29) is 16.9 Å². The Morgan fingerprint density at radius 3 is 1.96 bits per heavy atom. The number of cyclic esters (lactones) is 2. The minimum atomic E-state index is -0.726. The molecule has 0 radical (unpaired) electrons. The Balaban J connectivity index is 1.57. The third kappa shape index (κ3) is 3.26. The van der Waals surface area contributed by atoms with E-state index in [0.717, 1.165) is 11.1 Å². The molecule has 3 aromatic carbocycles. The third-order valence-corrected chi connectivity index (χ3v) is 4.18. The Labute approximate surface area is 155 Å². The van der Waals surface area contributed by atoms with Gasteiger partial charge in [0.25, 0.3) is 0 Å². The summed E-state index contributed by atoms with van der Waals surface area (Å²) >= 11 is 0. The second kappa shape index (κ2) is 6.74. The third-order valence-electron chi connectivity index (χ3n) is 4.18. The number of rotatable bonds is 2. The van der Waals surface area contributed by atoms with Crippen LogP contribution in [0, 0.1) is 11.8 Å². The van der Waals surface area contributed by atoms with Crippen molar-refractivity contribution in [1.82, 2.24) is 0 Å². The van der Waals surface area contributed by atoms with Crippen LogP contribution >= 0.6 is 0 Å². The van der Waals surface area contributed by atoms with E-state index in [1.165, 1.54) is 18.2 Å². The summed E-state index contributed by atoms with van der Waals surface area (Å²) in [4.78, 5) is 35.8. The molecule has 1 heterocycles. The van der Waals surface area contributed by atoms with Gasteiger partial charge < -0.3 is 4.74 Å².